The summed E-state index contributed by atoms with van der Waals surface area (Å²) in [7, 11) is 0. The largest absolute Gasteiger partial charge is 0.508 e. The third kappa shape index (κ3) is 38.1. The molecule has 1 rings (SSSR count). The number of amides is 14. The molecule has 0 fully saturated rings. The summed E-state index contributed by atoms with van der Waals surface area (Å²) in [5, 5.41) is 90.7. The number of aliphatic hydroxyl groups is 2. The molecule has 1 aromatic rings. The Balaban J connectivity index is 3.59. The van der Waals surface area contributed by atoms with Crippen LogP contribution < -0.4 is 92.1 Å². The van der Waals surface area contributed by atoms with E-state index in [0.717, 1.165) is 6.92 Å². The minimum Gasteiger partial charge on any atom is -0.508 e. The van der Waals surface area contributed by atoms with E-state index in [4.69, 9.17) is 22.9 Å². The molecule has 1 aromatic carbocycles. The Bertz CT molecular complexity index is 3400. The summed E-state index contributed by atoms with van der Waals surface area (Å²) in [5.41, 5.74) is 22.2. The van der Waals surface area contributed by atoms with E-state index in [1.165, 1.54) is 24.3 Å². The molecule has 41 nitrogen and oxygen atoms in total. The van der Waals surface area contributed by atoms with Crippen molar-refractivity contribution in [3.8, 4) is 5.75 Å². The number of thiol groups is 1. The monoisotopic (exact) mass is 1590 g/mol. The summed E-state index contributed by atoms with van der Waals surface area (Å²) >= 11 is 4.09. The second kappa shape index (κ2) is 49.6. The third-order valence-electron chi connectivity index (χ3n) is 16.4. The topological polar surface area (TPSA) is 684 Å². The van der Waals surface area contributed by atoms with Crippen molar-refractivity contribution in [3.05, 3.63) is 29.8 Å². The van der Waals surface area contributed by atoms with E-state index in [1.54, 1.807) is 69.2 Å². The first-order chi connectivity index (χ1) is 51.7. The molecule has 0 aliphatic rings. The van der Waals surface area contributed by atoms with Crippen LogP contribution in [0.1, 0.15) is 146 Å². The molecule has 0 aromatic heterocycles. The Labute approximate surface area is 647 Å². The molecule has 0 unspecified atom stereocenters. The number of carbonyl (C=O) groups excluding carboxylic acids is 14. The first-order valence-electron chi connectivity index (χ1n) is 36.0. The molecule has 0 aliphatic heterocycles. The number of aliphatic carboxylic acids is 3. The number of hydrogen-bond acceptors (Lipinski definition) is 23. The Morgan fingerprint density at radius 3 is 1.20 bits per heavy atom. The van der Waals surface area contributed by atoms with Gasteiger partial charge in [-0.25, -0.2) is 4.79 Å². The maximum atomic E-state index is 14.6. The van der Waals surface area contributed by atoms with Crippen LogP contribution in [0.3, 0.4) is 0 Å². The number of aliphatic imine (C=N–C) groups is 1. The van der Waals surface area contributed by atoms with Crippen LogP contribution in [0.5, 0.6) is 5.75 Å². The van der Waals surface area contributed by atoms with Crippen molar-refractivity contribution in [2.45, 2.75) is 231 Å². The highest BCUT2D eigenvalue weighted by Crippen LogP contribution is 2.16. The van der Waals surface area contributed by atoms with Crippen molar-refractivity contribution >= 4 is 119 Å². The van der Waals surface area contributed by atoms with Gasteiger partial charge in [-0.2, -0.15) is 12.6 Å². The molecule has 42 heteroatoms. The minimum atomic E-state index is -2.12. The van der Waals surface area contributed by atoms with E-state index < -0.39 is 248 Å². The van der Waals surface area contributed by atoms with Gasteiger partial charge in [-0.05, 0) is 99.2 Å². The van der Waals surface area contributed by atoms with Gasteiger partial charge in [0, 0.05) is 25.1 Å². The molecule has 0 saturated heterocycles. The van der Waals surface area contributed by atoms with Crippen LogP contribution in [0.4, 0.5) is 0 Å². The standard InChI is InChI=1S/C69H114N18O23S/c1-31(2)21-39(70)56(97)84-48(28-88)65(106)86-50(30-111)66(107)75-36(11)55(96)76-40(18-19-52(92)93)57(98)82-47(27-53(94)95)62(103)80-45(25-37-14-16-38(90)17-15-37)60(101)78-42(22-32(3)4)59(100)85-49(29-89)64(105)79-44(24-34(7)8)63(104)87-54(35(9)10)67(108)83-43(23-33(5)6)58(99)81-46(26-51(71)91)61(102)77-41(68(109)110)13-12-20-74-69(72)73/h14-17,31-36,39-50,54,88-90,111H,12-13,18-30,70H2,1-11H3,(H2,71,91)(H,75,107)(H,76,96)(H,77,102)(H,78,101)(H,79,105)(H,80,103)(H,81,99)(H,82,98)(H,83,108)(H,84,97)(H,85,100)(H,86,106)(H,87,104)(H,92,93)(H,94,95)(H,109,110)(H4,72,73,74)/t36-,39-,40-,41-,42-,43-,44-,45-,46-,47-,48-,49-,50-,54-/m0/s1. The number of nitrogens with zero attached hydrogens (tertiary/aromatic N) is 1. The average molecular weight is 1600 g/mol. The number of phenols is 1. The number of rotatable bonds is 52. The van der Waals surface area contributed by atoms with Gasteiger partial charge >= 0.3 is 17.9 Å². The zero-order valence-corrected chi connectivity index (χ0v) is 65.1. The summed E-state index contributed by atoms with van der Waals surface area (Å²) in [5.74, 6) is -22.5. The average Bonchev–Trinajstić information content (AvgIpc) is 0.848. The highest BCUT2D eigenvalue weighted by Gasteiger charge is 2.39. The molecule has 14 atom stereocenters. The maximum Gasteiger partial charge on any atom is 0.326 e. The lowest BCUT2D eigenvalue weighted by Crippen LogP contribution is -2.62. The molecule has 624 valence electrons. The first kappa shape index (κ1) is 98.5. The summed E-state index contributed by atoms with van der Waals surface area (Å²) in [6, 6.07) is -17.5. The molecule has 27 N–H and O–H groups in total. The Kier molecular flexibility index (Phi) is 44.0. The van der Waals surface area contributed by atoms with Gasteiger partial charge in [0.25, 0.3) is 0 Å². The molecule has 111 heavy (non-hydrogen) atoms. The fourth-order valence-electron chi connectivity index (χ4n) is 10.7. The van der Waals surface area contributed by atoms with Crippen LogP contribution >= 0.6 is 12.6 Å². The quantitative estimate of drug-likeness (QED) is 0.0125. The van der Waals surface area contributed by atoms with E-state index in [1.807, 2.05) is 0 Å². The van der Waals surface area contributed by atoms with Crippen molar-refractivity contribution in [1.82, 2.24) is 69.1 Å². The second-order valence-corrected chi connectivity index (χ2v) is 29.0. The molecule has 0 spiro atoms. The SMILES string of the molecule is CC(C)C[C@H](NC(=O)[C@H](Cc1ccc(O)cc1)NC(=O)[C@H](CC(=O)O)NC(=O)[C@H](CCC(=O)O)NC(=O)[C@H](C)NC(=O)[C@H](CS)NC(=O)[C@H](CO)NC(=O)[C@@H](N)CC(C)C)C(=O)N[C@@H](CO)C(=O)N[C@@H](CC(C)C)C(=O)N[C@H](C(=O)N[C@@H](CC(C)C)C(=O)N[C@@H](CC(N)=O)C(=O)N[C@@H](CCCN=C(N)N)C(=O)O)C(C)C. The number of aliphatic hydroxyl groups excluding tert-OH is 2. The zero-order chi connectivity index (χ0) is 84.9. The van der Waals surface area contributed by atoms with E-state index >= 15 is 0 Å². The lowest BCUT2D eigenvalue weighted by atomic mass is 9.98. The van der Waals surface area contributed by atoms with Crippen LogP contribution in [-0.4, -0.2) is 247 Å². The number of benzene rings is 1. The van der Waals surface area contributed by atoms with Gasteiger partial charge < -0.3 is 123 Å². The first-order valence-corrected chi connectivity index (χ1v) is 36.7. The summed E-state index contributed by atoms with van der Waals surface area (Å²) in [6.45, 7) is 15.8. The number of primary amides is 1. The van der Waals surface area contributed by atoms with Gasteiger partial charge in [0.05, 0.1) is 32.1 Å². The van der Waals surface area contributed by atoms with Gasteiger partial charge in [-0.1, -0.05) is 81.4 Å². The van der Waals surface area contributed by atoms with Gasteiger partial charge in [-0.3, -0.25) is 81.7 Å². The summed E-state index contributed by atoms with van der Waals surface area (Å²) in [4.78, 5) is 232. The number of carboxylic acids is 3. The van der Waals surface area contributed by atoms with Crippen LogP contribution in [-0.2, 0) is 87.9 Å². The Hall–Kier alpha value is -10.5. The molecule has 0 bridgehead atoms. The number of carboxylic acid groups (broad SMARTS) is 3. The second-order valence-electron chi connectivity index (χ2n) is 28.7. The fraction of sp³-hybridized carbons (Fsp3) is 0.652. The van der Waals surface area contributed by atoms with Crippen molar-refractivity contribution in [2.24, 2.45) is 57.5 Å². The Morgan fingerprint density at radius 1 is 0.405 bits per heavy atom. The van der Waals surface area contributed by atoms with Gasteiger partial charge in [0.1, 0.15) is 84.3 Å². The number of hydrogen-bond donors (Lipinski definition) is 24. The predicted octanol–water partition coefficient (Wildman–Crippen LogP) is -6.31. The molecular formula is C69H114N18O23S. The van der Waals surface area contributed by atoms with E-state index in [2.05, 4.69) is 86.7 Å². The van der Waals surface area contributed by atoms with Crippen LogP contribution in [0.25, 0.3) is 0 Å². The molecule has 0 saturated carbocycles. The van der Waals surface area contributed by atoms with E-state index in [9.17, 15) is 112 Å². The van der Waals surface area contributed by atoms with Crippen LogP contribution in [0.15, 0.2) is 29.3 Å². The normalized spacial score (nSPS) is 15.0. The van der Waals surface area contributed by atoms with Crippen molar-refractivity contribution in [1.29, 1.82) is 0 Å². The molecule has 0 radical (unpaired) electrons. The fourth-order valence-corrected chi connectivity index (χ4v) is 10.9. The predicted molar refractivity (Wildman–Crippen MR) is 402 cm³/mol. The third-order valence-corrected chi connectivity index (χ3v) is 16.8. The van der Waals surface area contributed by atoms with E-state index in [0.29, 0.717) is 0 Å². The van der Waals surface area contributed by atoms with Gasteiger partial charge in [0.15, 0.2) is 5.96 Å². The highest BCUT2D eigenvalue weighted by molar-refractivity contribution is 7.80. The number of aromatic hydroxyl groups is 1. The minimum absolute atomic E-state index is 0.00147. The zero-order valence-electron chi connectivity index (χ0n) is 64.2. The highest BCUT2D eigenvalue weighted by atomic mass is 32.1. The van der Waals surface area contributed by atoms with Gasteiger partial charge in [-0.15, -0.1) is 0 Å². The lowest BCUT2D eigenvalue weighted by molar-refractivity contribution is -0.143. The Morgan fingerprint density at radius 2 is 0.775 bits per heavy atom. The molecule has 0 heterocycles. The summed E-state index contributed by atoms with van der Waals surface area (Å²) < 4.78 is 0. The lowest BCUT2D eigenvalue weighted by Gasteiger charge is -2.30. The van der Waals surface area contributed by atoms with Crippen molar-refractivity contribution in [3.63, 3.8) is 0 Å². The van der Waals surface area contributed by atoms with Crippen LogP contribution in [0.2, 0.25) is 0 Å². The van der Waals surface area contributed by atoms with E-state index in [-0.39, 0.29) is 80.1 Å². The van der Waals surface area contributed by atoms with Gasteiger partial charge in [0.2, 0.25) is 82.7 Å². The number of nitrogens with two attached hydrogens (primary N) is 4. The van der Waals surface area contributed by atoms with Crippen molar-refractivity contribution < 1.29 is 112 Å². The number of carbonyl (C=O) groups is 17. The molecule has 14 amide bonds. The molecular weight excluding hydrogens is 1480 g/mol. The van der Waals surface area contributed by atoms with Crippen LogP contribution in [0, 0.1) is 29.6 Å². The molecule has 0 aliphatic carbocycles. The number of nitrogens with one attached hydrogen (secondary N) is 13. The maximum absolute atomic E-state index is 14.6. The van der Waals surface area contributed by atoms with Crippen molar-refractivity contribution in [2.75, 3.05) is 25.5 Å². The number of guanidine groups is 1. The summed E-state index contributed by atoms with van der Waals surface area (Å²) in [6.07, 6.45) is -4.23. The smallest absolute Gasteiger partial charge is 0.326 e. The number of phenolic OH excluding ortho intramolecular Hbond substituents is 1.